The molecule has 1 amide bonds. The van der Waals surface area contributed by atoms with Gasteiger partial charge in [-0.25, -0.2) is 5.43 Å². The number of nitrogens with one attached hydrogen (secondary N) is 2. The van der Waals surface area contributed by atoms with Gasteiger partial charge in [-0.15, -0.1) is 0 Å². The third-order valence-corrected chi connectivity index (χ3v) is 3.63. The number of halogens is 2. The standard InChI is InChI=1S/C17H12Cl2N6O2/c18-15-22-16(19)24-17(23-15)21-12-7-5-10(6-8-12)14(27)25-20-9-11-3-1-2-4-13(11)26/h1-9,26H,(H,25,27)(H,21,22,23,24)/b20-9+. The lowest BCUT2D eigenvalue weighted by Crippen LogP contribution is -2.17. The van der Waals surface area contributed by atoms with Crippen molar-refractivity contribution in [2.24, 2.45) is 5.10 Å². The Labute approximate surface area is 163 Å². The topological polar surface area (TPSA) is 112 Å². The third-order valence-electron chi connectivity index (χ3n) is 3.29. The quantitative estimate of drug-likeness (QED) is 0.445. The minimum Gasteiger partial charge on any atom is -0.507 e. The lowest BCUT2D eigenvalue weighted by Gasteiger charge is -2.06. The van der Waals surface area contributed by atoms with Crippen molar-refractivity contribution < 1.29 is 9.90 Å². The summed E-state index contributed by atoms with van der Waals surface area (Å²) in [6.45, 7) is 0. The van der Waals surface area contributed by atoms with E-state index >= 15 is 0 Å². The smallest absolute Gasteiger partial charge is 0.271 e. The minimum atomic E-state index is -0.403. The highest BCUT2D eigenvalue weighted by atomic mass is 35.5. The number of anilines is 2. The van der Waals surface area contributed by atoms with E-state index in [1.165, 1.54) is 12.3 Å². The number of para-hydroxylation sites is 1. The first-order valence-corrected chi connectivity index (χ1v) is 8.32. The fraction of sp³-hybridized carbons (Fsp3) is 0. The zero-order chi connectivity index (χ0) is 19.2. The molecule has 3 aromatic rings. The number of benzene rings is 2. The molecule has 0 saturated heterocycles. The molecule has 0 bridgehead atoms. The van der Waals surface area contributed by atoms with Gasteiger partial charge in [0.1, 0.15) is 5.75 Å². The molecule has 136 valence electrons. The van der Waals surface area contributed by atoms with Gasteiger partial charge in [0, 0.05) is 16.8 Å². The molecule has 3 rings (SSSR count). The van der Waals surface area contributed by atoms with Crippen molar-refractivity contribution >= 4 is 47.0 Å². The first kappa shape index (κ1) is 18.6. The van der Waals surface area contributed by atoms with Crippen LogP contribution in [0.25, 0.3) is 0 Å². The lowest BCUT2D eigenvalue weighted by molar-refractivity contribution is 0.0955. The molecule has 0 unspecified atom stereocenters. The number of carbonyl (C=O) groups is 1. The fourth-order valence-electron chi connectivity index (χ4n) is 2.04. The molecule has 27 heavy (non-hydrogen) atoms. The number of hydrogen-bond acceptors (Lipinski definition) is 7. The molecule has 1 aromatic heterocycles. The number of carbonyl (C=O) groups excluding carboxylic acids is 1. The van der Waals surface area contributed by atoms with Crippen LogP contribution in [-0.2, 0) is 0 Å². The van der Waals surface area contributed by atoms with Crippen LogP contribution < -0.4 is 10.7 Å². The molecule has 0 aliphatic carbocycles. The summed E-state index contributed by atoms with van der Waals surface area (Å²) in [7, 11) is 0. The average Bonchev–Trinajstić information content (AvgIpc) is 2.63. The molecule has 10 heteroatoms. The van der Waals surface area contributed by atoms with Crippen molar-refractivity contribution in [3.8, 4) is 5.75 Å². The van der Waals surface area contributed by atoms with Crippen LogP contribution >= 0.6 is 23.2 Å². The van der Waals surface area contributed by atoms with Gasteiger partial charge in [0.15, 0.2) is 0 Å². The van der Waals surface area contributed by atoms with Crippen molar-refractivity contribution in [2.75, 3.05) is 5.32 Å². The highest BCUT2D eigenvalue weighted by Gasteiger charge is 2.06. The summed E-state index contributed by atoms with van der Waals surface area (Å²) in [5.41, 5.74) is 3.90. The maximum absolute atomic E-state index is 12.1. The van der Waals surface area contributed by atoms with E-state index in [1.54, 1.807) is 42.5 Å². The van der Waals surface area contributed by atoms with Gasteiger partial charge in [0.2, 0.25) is 16.5 Å². The molecule has 0 aliphatic rings. The predicted molar refractivity (Wildman–Crippen MR) is 103 cm³/mol. The summed E-state index contributed by atoms with van der Waals surface area (Å²) in [6, 6.07) is 13.2. The SMILES string of the molecule is O=C(N/N=C/c1ccccc1O)c1ccc(Nc2nc(Cl)nc(Cl)n2)cc1. The van der Waals surface area contributed by atoms with Gasteiger partial charge < -0.3 is 10.4 Å². The number of aromatic hydroxyl groups is 1. The molecule has 0 spiro atoms. The maximum Gasteiger partial charge on any atom is 0.271 e. The van der Waals surface area contributed by atoms with Gasteiger partial charge in [0.05, 0.1) is 6.21 Å². The number of phenolic OH excluding ortho intramolecular Hbond substituents is 1. The first-order valence-electron chi connectivity index (χ1n) is 7.57. The Kier molecular flexibility index (Phi) is 5.80. The van der Waals surface area contributed by atoms with Gasteiger partial charge >= 0.3 is 0 Å². The Morgan fingerprint density at radius 3 is 2.33 bits per heavy atom. The van der Waals surface area contributed by atoms with Gasteiger partial charge in [-0.2, -0.15) is 20.1 Å². The van der Waals surface area contributed by atoms with Crippen LogP contribution in [-0.4, -0.2) is 32.2 Å². The summed E-state index contributed by atoms with van der Waals surface area (Å²) in [4.78, 5) is 23.5. The molecule has 0 saturated carbocycles. The summed E-state index contributed by atoms with van der Waals surface area (Å²) in [5.74, 6) is -0.145. The van der Waals surface area contributed by atoms with E-state index in [9.17, 15) is 9.90 Å². The van der Waals surface area contributed by atoms with E-state index in [1.807, 2.05) is 0 Å². The second kappa shape index (κ2) is 8.43. The Morgan fingerprint density at radius 2 is 1.67 bits per heavy atom. The number of nitrogens with zero attached hydrogens (tertiary/aromatic N) is 4. The number of rotatable bonds is 5. The molecular formula is C17H12Cl2N6O2. The van der Waals surface area contributed by atoms with E-state index < -0.39 is 5.91 Å². The zero-order valence-corrected chi connectivity index (χ0v) is 15.1. The second-order valence-corrected chi connectivity index (χ2v) is 5.83. The number of aromatic nitrogens is 3. The number of phenols is 1. The highest BCUT2D eigenvalue weighted by molar-refractivity contribution is 6.31. The fourth-order valence-corrected chi connectivity index (χ4v) is 2.40. The monoisotopic (exact) mass is 402 g/mol. The molecule has 1 heterocycles. The van der Waals surface area contributed by atoms with Crippen molar-refractivity contribution in [2.45, 2.75) is 0 Å². The van der Waals surface area contributed by atoms with Crippen LogP contribution in [0.5, 0.6) is 5.75 Å². The van der Waals surface area contributed by atoms with Crippen molar-refractivity contribution in [1.29, 1.82) is 0 Å². The number of hydrazone groups is 1. The van der Waals surface area contributed by atoms with E-state index in [0.717, 1.165) is 0 Å². The Bertz CT molecular complexity index is 975. The molecule has 0 fully saturated rings. The van der Waals surface area contributed by atoms with Crippen LogP contribution in [0.1, 0.15) is 15.9 Å². The normalized spacial score (nSPS) is 10.7. The Hall–Kier alpha value is -3.23. The van der Waals surface area contributed by atoms with E-state index in [0.29, 0.717) is 16.8 Å². The summed E-state index contributed by atoms with van der Waals surface area (Å²) >= 11 is 11.4. The van der Waals surface area contributed by atoms with E-state index in [4.69, 9.17) is 23.2 Å². The lowest BCUT2D eigenvalue weighted by atomic mass is 10.2. The minimum absolute atomic E-state index is 0.0317. The molecular weight excluding hydrogens is 391 g/mol. The van der Waals surface area contributed by atoms with Crippen LogP contribution in [0.2, 0.25) is 10.6 Å². The predicted octanol–water partition coefficient (Wildman–Crippen LogP) is 3.39. The van der Waals surface area contributed by atoms with E-state index in [2.05, 4.69) is 30.8 Å². The molecule has 0 atom stereocenters. The third kappa shape index (κ3) is 5.13. The zero-order valence-electron chi connectivity index (χ0n) is 13.6. The molecule has 8 nitrogen and oxygen atoms in total. The molecule has 0 radical (unpaired) electrons. The Morgan fingerprint density at radius 1 is 1.00 bits per heavy atom. The summed E-state index contributed by atoms with van der Waals surface area (Å²) in [5, 5.41) is 16.3. The second-order valence-electron chi connectivity index (χ2n) is 5.16. The molecule has 2 aromatic carbocycles. The van der Waals surface area contributed by atoms with Crippen molar-refractivity contribution in [3.05, 3.63) is 70.2 Å². The van der Waals surface area contributed by atoms with Crippen molar-refractivity contribution in [1.82, 2.24) is 20.4 Å². The maximum atomic E-state index is 12.1. The Balaban J connectivity index is 1.62. The van der Waals surface area contributed by atoms with Crippen LogP contribution in [0, 0.1) is 0 Å². The van der Waals surface area contributed by atoms with Crippen LogP contribution in [0.15, 0.2) is 53.6 Å². The van der Waals surface area contributed by atoms with E-state index in [-0.39, 0.29) is 22.3 Å². The largest absolute Gasteiger partial charge is 0.507 e. The van der Waals surface area contributed by atoms with Crippen LogP contribution in [0.4, 0.5) is 11.6 Å². The van der Waals surface area contributed by atoms with Crippen molar-refractivity contribution in [3.63, 3.8) is 0 Å². The van der Waals surface area contributed by atoms with Gasteiger partial charge in [-0.1, -0.05) is 12.1 Å². The average molecular weight is 403 g/mol. The van der Waals surface area contributed by atoms with Crippen LogP contribution in [0.3, 0.4) is 0 Å². The van der Waals surface area contributed by atoms with Gasteiger partial charge in [-0.05, 0) is 59.6 Å². The first-order chi connectivity index (χ1) is 13.0. The summed E-state index contributed by atoms with van der Waals surface area (Å²) < 4.78 is 0. The van der Waals surface area contributed by atoms with Gasteiger partial charge in [-0.3, -0.25) is 4.79 Å². The molecule has 0 aliphatic heterocycles. The molecule has 3 N–H and O–H groups in total. The van der Waals surface area contributed by atoms with Gasteiger partial charge in [0.25, 0.3) is 5.91 Å². The highest BCUT2D eigenvalue weighted by Crippen LogP contribution is 2.17. The number of amides is 1. The number of hydrogen-bond donors (Lipinski definition) is 3. The summed E-state index contributed by atoms with van der Waals surface area (Å²) in [6.07, 6.45) is 1.36.